The molecule has 0 N–H and O–H groups in total. The van der Waals surface area contributed by atoms with Crippen molar-refractivity contribution in [1.29, 1.82) is 0 Å². The van der Waals surface area contributed by atoms with Crippen molar-refractivity contribution in [3.8, 4) is 0 Å². The van der Waals surface area contributed by atoms with Crippen LogP contribution in [0.3, 0.4) is 0 Å². The number of nitrogens with zero attached hydrogens (tertiary/aromatic N) is 3. The first kappa shape index (κ1) is 9.33. The van der Waals surface area contributed by atoms with Crippen LogP contribution in [0.5, 0.6) is 0 Å². The van der Waals surface area contributed by atoms with Gasteiger partial charge < -0.3 is 0 Å². The van der Waals surface area contributed by atoms with Gasteiger partial charge in [-0.1, -0.05) is 6.92 Å². The fraction of sp³-hybridized carbons (Fsp3) is 0.455. The molecule has 0 radical (unpaired) electrons. The van der Waals surface area contributed by atoms with Crippen LogP contribution >= 0.6 is 15.9 Å². The van der Waals surface area contributed by atoms with Crippen LogP contribution in [-0.4, -0.2) is 14.6 Å². The second-order valence-electron chi connectivity index (χ2n) is 4.04. The Bertz CT molecular complexity index is 514. The molecule has 0 amide bonds. The predicted octanol–water partition coefficient (Wildman–Crippen LogP) is 2.93. The third-order valence-corrected chi connectivity index (χ3v) is 3.39. The number of aromatic nitrogens is 3. The maximum atomic E-state index is 4.48. The Hall–Kier alpha value is -0.900. The van der Waals surface area contributed by atoms with Gasteiger partial charge in [-0.05, 0) is 52.4 Å². The number of pyridine rings is 1. The van der Waals surface area contributed by atoms with Gasteiger partial charge in [0.15, 0.2) is 11.5 Å². The van der Waals surface area contributed by atoms with E-state index in [0.717, 1.165) is 28.4 Å². The maximum Gasteiger partial charge on any atom is 0.157 e. The van der Waals surface area contributed by atoms with E-state index in [1.54, 1.807) is 0 Å². The van der Waals surface area contributed by atoms with E-state index in [-0.39, 0.29) is 0 Å². The van der Waals surface area contributed by atoms with Crippen LogP contribution in [-0.2, 0) is 6.42 Å². The lowest BCUT2D eigenvalue weighted by Crippen LogP contribution is -1.92. The maximum absolute atomic E-state index is 4.48. The summed E-state index contributed by atoms with van der Waals surface area (Å²) in [5.74, 6) is 1.66. The zero-order valence-electron chi connectivity index (χ0n) is 8.57. The van der Waals surface area contributed by atoms with Gasteiger partial charge >= 0.3 is 0 Å². The summed E-state index contributed by atoms with van der Waals surface area (Å²) in [7, 11) is 0. The molecule has 0 unspecified atom stereocenters. The molecule has 3 rings (SSSR count). The van der Waals surface area contributed by atoms with E-state index >= 15 is 0 Å². The molecule has 2 aromatic heterocycles. The van der Waals surface area contributed by atoms with Crippen LogP contribution in [0.2, 0.25) is 0 Å². The molecule has 1 aliphatic rings. The Labute approximate surface area is 96.6 Å². The Kier molecular flexibility index (Phi) is 2.06. The van der Waals surface area contributed by atoms with Crippen molar-refractivity contribution in [2.45, 2.75) is 32.1 Å². The van der Waals surface area contributed by atoms with Gasteiger partial charge in [-0.3, -0.25) is 0 Å². The van der Waals surface area contributed by atoms with Crippen LogP contribution in [0.25, 0.3) is 5.65 Å². The third kappa shape index (κ3) is 1.57. The van der Waals surface area contributed by atoms with Crippen molar-refractivity contribution in [2.75, 3.05) is 0 Å². The fourth-order valence-corrected chi connectivity index (χ4v) is 2.34. The highest BCUT2D eigenvalue weighted by atomic mass is 79.9. The smallest absolute Gasteiger partial charge is 0.157 e. The van der Waals surface area contributed by atoms with Crippen LogP contribution in [0.1, 0.15) is 37.1 Å². The minimum Gasteiger partial charge on any atom is -0.212 e. The molecule has 1 saturated carbocycles. The van der Waals surface area contributed by atoms with E-state index in [1.165, 1.54) is 18.4 Å². The van der Waals surface area contributed by atoms with Gasteiger partial charge in [0.1, 0.15) is 4.60 Å². The first-order chi connectivity index (χ1) is 7.28. The Balaban J connectivity index is 2.20. The van der Waals surface area contributed by atoms with E-state index in [2.05, 4.69) is 45.1 Å². The number of aryl methyl sites for hydroxylation is 1. The zero-order valence-corrected chi connectivity index (χ0v) is 10.2. The number of halogens is 1. The van der Waals surface area contributed by atoms with Crippen molar-refractivity contribution >= 4 is 21.6 Å². The summed E-state index contributed by atoms with van der Waals surface area (Å²) >= 11 is 3.55. The summed E-state index contributed by atoms with van der Waals surface area (Å²) in [6.07, 6.45) is 3.52. The fourth-order valence-electron chi connectivity index (χ4n) is 1.81. The van der Waals surface area contributed by atoms with E-state index < -0.39 is 0 Å². The van der Waals surface area contributed by atoms with Gasteiger partial charge in [-0.2, -0.15) is 5.10 Å². The lowest BCUT2D eigenvalue weighted by molar-refractivity contribution is 0.867. The minimum atomic E-state index is 0.757. The molecule has 0 saturated heterocycles. The molecular formula is C11H12BrN3. The molecule has 2 aromatic rings. The summed E-state index contributed by atoms with van der Waals surface area (Å²) in [6.45, 7) is 2.07. The van der Waals surface area contributed by atoms with Crippen molar-refractivity contribution in [3.05, 3.63) is 28.1 Å². The standard InChI is InChI=1S/C11H12BrN3/c1-2-10-13-11-6-8(7-3-4-7)5-9(12)15(11)14-10/h5-7H,2-4H2,1H3. The molecule has 0 atom stereocenters. The summed E-state index contributed by atoms with van der Waals surface area (Å²) in [4.78, 5) is 4.48. The van der Waals surface area contributed by atoms with Gasteiger partial charge in [0.25, 0.3) is 0 Å². The molecule has 15 heavy (non-hydrogen) atoms. The molecule has 0 aliphatic heterocycles. The predicted molar refractivity (Wildman–Crippen MR) is 62.0 cm³/mol. The Morgan fingerprint density at radius 2 is 2.27 bits per heavy atom. The number of fused-ring (bicyclic) bond motifs is 1. The van der Waals surface area contributed by atoms with Crippen molar-refractivity contribution < 1.29 is 0 Å². The zero-order chi connectivity index (χ0) is 10.4. The first-order valence-electron chi connectivity index (χ1n) is 5.33. The van der Waals surface area contributed by atoms with Crippen LogP contribution in [0, 0.1) is 0 Å². The monoisotopic (exact) mass is 265 g/mol. The van der Waals surface area contributed by atoms with E-state index in [4.69, 9.17) is 0 Å². The lowest BCUT2D eigenvalue weighted by atomic mass is 10.2. The van der Waals surface area contributed by atoms with Gasteiger partial charge in [0.2, 0.25) is 0 Å². The summed E-state index contributed by atoms with van der Waals surface area (Å²) < 4.78 is 2.87. The van der Waals surface area contributed by atoms with Gasteiger partial charge in [-0.15, -0.1) is 0 Å². The Morgan fingerprint density at radius 1 is 1.47 bits per heavy atom. The topological polar surface area (TPSA) is 30.2 Å². The molecule has 2 heterocycles. The lowest BCUT2D eigenvalue weighted by Gasteiger charge is -2.00. The summed E-state index contributed by atoms with van der Waals surface area (Å²) in [5, 5.41) is 4.41. The molecule has 0 aromatic carbocycles. The molecule has 4 heteroatoms. The number of hydrogen-bond donors (Lipinski definition) is 0. The minimum absolute atomic E-state index is 0.757. The van der Waals surface area contributed by atoms with Crippen LogP contribution in [0.15, 0.2) is 16.7 Å². The van der Waals surface area contributed by atoms with Crippen molar-refractivity contribution in [1.82, 2.24) is 14.6 Å². The molecule has 3 nitrogen and oxygen atoms in total. The highest BCUT2D eigenvalue weighted by molar-refractivity contribution is 9.10. The molecular weight excluding hydrogens is 254 g/mol. The quantitative estimate of drug-likeness (QED) is 0.782. The normalized spacial score (nSPS) is 16.1. The molecule has 0 spiro atoms. The molecule has 1 aliphatic carbocycles. The second-order valence-corrected chi connectivity index (χ2v) is 4.85. The molecule has 1 fully saturated rings. The van der Waals surface area contributed by atoms with Gasteiger partial charge in [-0.25, -0.2) is 9.50 Å². The van der Waals surface area contributed by atoms with Crippen LogP contribution < -0.4 is 0 Å². The number of hydrogen-bond acceptors (Lipinski definition) is 2. The molecule has 0 bridgehead atoms. The van der Waals surface area contributed by atoms with Gasteiger partial charge in [0, 0.05) is 6.42 Å². The second kappa shape index (κ2) is 3.30. The van der Waals surface area contributed by atoms with Gasteiger partial charge in [0.05, 0.1) is 0 Å². The largest absolute Gasteiger partial charge is 0.212 e. The Morgan fingerprint density at radius 3 is 2.93 bits per heavy atom. The average Bonchev–Trinajstić information content (AvgIpc) is 2.98. The first-order valence-corrected chi connectivity index (χ1v) is 6.12. The van der Waals surface area contributed by atoms with E-state index in [1.807, 2.05) is 4.52 Å². The van der Waals surface area contributed by atoms with Crippen LogP contribution in [0.4, 0.5) is 0 Å². The average molecular weight is 266 g/mol. The summed E-state index contributed by atoms with van der Waals surface area (Å²) in [5.41, 5.74) is 2.35. The molecule has 78 valence electrons. The van der Waals surface area contributed by atoms with E-state index in [9.17, 15) is 0 Å². The van der Waals surface area contributed by atoms with Crippen molar-refractivity contribution in [2.24, 2.45) is 0 Å². The highest BCUT2D eigenvalue weighted by Crippen LogP contribution is 2.41. The highest BCUT2D eigenvalue weighted by Gasteiger charge is 2.24. The van der Waals surface area contributed by atoms with Crippen molar-refractivity contribution in [3.63, 3.8) is 0 Å². The third-order valence-electron chi connectivity index (χ3n) is 2.82. The SMILES string of the molecule is CCc1nc2cc(C3CC3)cc(Br)n2n1. The van der Waals surface area contributed by atoms with E-state index in [0.29, 0.717) is 0 Å². The summed E-state index contributed by atoms with van der Waals surface area (Å²) in [6, 6.07) is 4.33. The number of rotatable bonds is 2.